The highest BCUT2D eigenvalue weighted by atomic mass is 16.5. The first kappa shape index (κ1) is 20.9. The lowest BCUT2D eigenvalue weighted by Gasteiger charge is -2.20. The molecule has 2 aliphatic rings. The number of amides is 2. The van der Waals surface area contributed by atoms with Crippen molar-refractivity contribution in [1.82, 2.24) is 14.9 Å². The van der Waals surface area contributed by atoms with E-state index in [2.05, 4.69) is 15.1 Å². The number of hydrogen-bond donors (Lipinski definition) is 1. The SMILES string of the molecule is [C-]#[N+]c1ccc2cc1Oc1ccc3cccc(c3c1)N1CC[C@H](NC(=O)Cc3cncn3C2)C1=O. The second kappa shape index (κ2) is 8.29. The van der Waals surface area contributed by atoms with Crippen molar-refractivity contribution < 1.29 is 14.3 Å². The van der Waals surface area contributed by atoms with Gasteiger partial charge in [-0.2, -0.15) is 0 Å². The van der Waals surface area contributed by atoms with Crippen molar-refractivity contribution in [2.75, 3.05) is 11.4 Å². The van der Waals surface area contributed by atoms with E-state index in [1.807, 2.05) is 53.1 Å². The van der Waals surface area contributed by atoms with Gasteiger partial charge in [-0.1, -0.05) is 30.3 Å². The van der Waals surface area contributed by atoms with Crippen molar-refractivity contribution in [2.24, 2.45) is 0 Å². The molecule has 1 fully saturated rings. The summed E-state index contributed by atoms with van der Waals surface area (Å²) in [6, 6.07) is 16.4. The van der Waals surface area contributed by atoms with E-state index in [1.54, 1.807) is 23.5 Å². The van der Waals surface area contributed by atoms with Gasteiger partial charge in [-0.25, -0.2) is 9.83 Å². The maximum atomic E-state index is 13.3. The quantitative estimate of drug-likeness (QED) is 0.396. The molecule has 6 bridgehead atoms. The van der Waals surface area contributed by atoms with Crippen LogP contribution in [-0.4, -0.2) is 34.0 Å². The fourth-order valence-corrected chi connectivity index (χ4v) is 4.79. The third-order valence-electron chi connectivity index (χ3n) is 6.53. The monoisotopic (exact) mass is 463 g/mol. The normalized spacial score (nSPS) is 17.5. The molecule has 6 rings (SSSR count). The average Bonchev–Trinajstić information content (AvgIpc) is 3.44. The van der Waals surface area contributed by atoms with Crippen LogP contribution in [-0.2, 0) is 22.6 Å². The second-order valence-electron chi connectivity index (χ2n) is 8.76. The van der Waals surface area contributed by atoms with Gasteiger partial charge < -0.3 is 19.5 Å². The van der Waals surface area contributed by atoms with Gasteiger partial charge in [-0.05, 0) is 41.6 Å². The van der Waals surface area contributed by atoms with Crippen LogP contribution in [0.5, 0.6) is 11.5 Å². The van der Waals surface area contributed by atoms with Gasteiger partial charge in [0.15, 0.2) is 0 Å². The molecule has 3 heterocycles. The molecule has 1 atom stereocenters. The molecule has 1 N–H and O–H groups in total. The van der Waals surface area contributed by atoms with Crippen molar-refractivity contribution in [3.63, 3.8) is 0 Å². The Bertz CT molecular complexity index is 1530. The first-order valence-corrected chi connectivity index (χ1v) is 11.4. The summed E-state index contributed by atoms with van der Waals surface area (Å²) in [6.45, 7) is 8.55. The van der Waals surface area contributed by atoms with Crippen LogP contribution in [0.15, 0.2) is 67.1 Å². The maximum absolute atomic E-state index is 13.3. The molecule has 35 heavy (non-hydrogen) atoms. The van der Waals surface area contributed by atoms with Gasteiger partial charge in [0.25, 0.3) is 0 Å². The van der Waals surface area contributed by atoms with Gasteiger partial charge >= 0.3 is 0 Å². The van der Waals surface area contributed by atoms with Gasteiger partial charge in [0.1, 0.15) is 17.5 Å². The van der Waals surface area contributed by atoms with Crippen molar-refractivity contribution in [2.45, 2.75) is 25.4 Å². The van der Waals surface area contributed by atoms with Crippen LogP contribution in [0, 0.1) is 6.57 Å². The molecule has 8 nitrogen and oxygen atoms in total. The fraction of sp³-hybridized carbons (Fsp3) is 0.185. The summed E-state index contributed by atoms with van der Waals surface area (Å²) in [5.74, 6) is 0.687. The summed E-state index contributed by atoms with van der Waals surface area (Å²) in [4.78, 5) is 35.7. The Hall–Kier alpha value is -4.64. The van der Waals surface area contributed by atoms with Gasteiger partial charge in [0.05, 0.1) is 25.0 Å². The van der Waals surface area contributed by atoms with Gasteiger partial charge in [-0.15, -0.1) is 0 Å². The number of nitrogens with one attached hydrogen (secondary N) is 1. The highest BCUT2D eigenvalue weighted by Gasteiger charge is 2.34. The predicted molar refractivity (Wildman–Crippen MR) is 131 cm³/mol. The summed E-state index contributed by atoms with van der Waals surface area (Å²) < 4.78 is 8.10. The number of carbonyl (C=O) groups is 2. The van der Waals surface area contributed by atoms with E-state index in [0.29, 0.717) is 36.7 Å². The van der Waals surface area contributed by atoms with E-state index in [-0.39, 0.29) is 18.2 Å². The third kappa shape index (κ3) is 3.77. The van der Waals surface area contributed by atoms with Gasteiger partial charge in [-0.3, -0.25) is 9.59 Å². The summed E-state index contributed by atoms with van der Waals surface area (Å²) in [5, 5.41) is 4.76. The van der Waals surface area contributed by atoms with Crippen LogP contribution in [0.1, 0.15) is 17.7 Å². The maximum Gasteiger partial charge on any atom is 0.249 e. The van der Waals surface area contributed by atoms with Crippen LogP contribution in [0.3, 0.4) is 0 Å². The minimum absolute atomic E-state index is 0.115. The van der Waals surface area contributed by atoms with Crippen molar-refractivity contribution in [3.05, 3.63) is 89.8 Å². The van der Waals surface area contributed by atoms with Crippen LogP contribution in [0.2, 0.25) is 0 Å². The molecule has 4 aromatic rings. The van der Waals surface area contributed by atoms with E-state index in [0.717, 1.165) is 27.7 Å². The van der Waals surface area contributed by atoms with Crippen LogP contribution in [0.25, 0.3) is 15.6 Å². The second-order valence-corrected chi connectivity index (χ2v) is 8.76. The molecule has 172 valence electrons. The number of ether oxygens (including phenoxy) is 1. The van der Waals surface area contributed by atoms with Crippen molar-refractivity contribution in [1.29, 1.82) is 0 Å². The number of benzene rings is 3. The molecule has 1 aromatic heterocycles. The Morgan fingerprint density at radius 3 is 2.91 bits per heavy atom. The van der Waals surface area contributed by atoms with Crippen LogP contribution >= 0.6 is 0 Å². The Morgan fingerprint density at radius 2 is 2.03 bits per heavy atom. The minimum atomic E-state index is -0.569. The number of hydrogen-bond acceptors (Lipinski definition) is 4. The third-order valence-corrected chi connectivity index (χ3v) is 6.53. The van der Waals surface area contributed by atoms with Crippen molar-refractivity contribution >= 4 is 34.0 Å². The number of carbonyl (C=O) groups excluding carboxylic acids is 2. The zero-order valence-electron chi connectivity index (χ0n) is 18.8. The molecule has 0 saturated carbocycles. The summed E-state index contributed by atoms with van der Waals surface area (Å²) in [5.41, 5.74) is 2.83. The predicted octanol–water partition coefficient (Wildman–Crippen LogP) is 4.21. The number of imidazole rings is 1. The van der Waals surface area contributed by atoms with E-state index < -0.39 is 6.04 Å². The Balaban J connectivity index is 1.50. The highest BCUT2D eigenvalue weighted by Crippen LogP contribution is 2.37. The van der Waals surface area contributed by atoms with E-state index in [4.69, 9.17) is 11.3 Å². The van der Waals surface area contributed by atoms with Gasteiger partial charge in [0, 0.05) is 30.4 Å². The van der Waals surface area contributed by atoms with Gasteiger partial charge in [0.2, 0.25) is 17.5 Å². The first-order valence-electron chi connectivity index (χ1n) is 11.4. The van der Waals surface area contributed by atoms with Crippen molar-refractivity contribution in [3.8, 4) is 11.5 Å². The lowest BCUT2D eigenvalue weighted by atomic mass is 10.1. The molecular weight excluding hydrogens is 442 g/mol. The number of nitrogens with zero attached hydrogens (tertiary/aromatic N) is 4. The summed E-state index contributed by atoms with van der Waals surface area (Å²) in [6.07, 6.45) is 3.99. The lowest BCUT2D eigenvalue weighted by molar-refractivity contribution is -0.126. The molecule has 0 radical (unpaired) electrons. The Kier molecular flexibility index (Phi) is 4.96. The number of anilines is 1. The molecule has 0 aliphatic carbocycles. The molecule has 0 spiro atoms. The smallest absolute Gasteiger partial charge is 0.249 e. The molecule has 1 saturated heterocycles. The number of aromatic nitrogens is 2. The standard InChI is InChI=1S/C27H21N5O3/c1-28-22-8-5-17-11-25(22)35-20-7-6-18-3-2-4-24(21(18)13-20)32-10-9-23(27(32)34)30-26(33)12-19-14-29-16-31(19)15-17/h2-8,11,13-14,16,23H,9-10,12,15H2,(H,30,33)/t23-/m0/s1. The van der Waals surface area contributed by atoms with E-state index >= 15 is 0 Å². The molecule has 2 amide bonds. The lowest BCUT2D eigenvalue weighted by Crippen LogP contribution is -2.42. The molecule has 2 aliphatic heterocycles. The zero-order valence-corrected chi connectivity index (χ0v) is 18.8. The largest absolute Gasteiger partial charge is 0.468 e. The van der Waals surface area contributed by atoms with E-state index in [9.17, 15) is 9.59 Å². The average molecular weight is 463 g/mol. The van der Waals surface area contributed by atoms with Crippen LogP contribution in [0.4, 0.5) is 11.4 Å². The number of fused-ring (bicyclic) bond motifs is 7. The molecule has 8 heteroatoms. The summed E-state index contributed by atoms with van der Waals surface area (Å²) >= 11 is 0. The zero-order chi connectivity index (χ0) is 23.9. The fourth-order valence-electron chi connectivity index (χ4n) is 4.79. The summed E-state index contributed by atoms with van der Waals surface area (Å²) in [7, 11) is 0. The molecular formula is C27H21N5O3. The van der Waals surface area contributed by atoms with Crippen LogP contribution < -0.4 is 15.0 Å². The Morgan fingerprint density at radius 1 is 1.11 bits per heavy atom. The molecule has 3 aromatic carbocycles. The topological polar surface area (TPSA) is 80.8 Å². The first-order chi connectivity index (χ1) is 17.1. The highest BCUT2D eigenvalue weighted by molar-refractivity contribution is 6.08. The Labute approximate surface area is 201 Å². The minimum Gasteiger partial charge on any atom is -0.468 e. The number of rotatable bonds is 0. The van der Waals surface area contributed by atoms with E-state index in [1.165, 1.54) is 0 Å². The molecule has 0 unspecified atom stereocenters.